The number of fused-ring (bicyclic) bond motifs is 4. The minimum absolute atomic E-state index is 0.837. The number of benzene rings is 2. The topological polar surface area (TPSA) is 43.6 Å². The molecule has 0 amide bonds. The molecule has 1 aliphatic rings. The van der Waals surface area contributed by atoms with Gasteiger partial charge in [0.05, 0.1) is 11.0 Å². The standard InChI is InChI=1S/C22H22N4/c1-14-16-8-5-9-18(16)24-20(23-14)12-13-21-25-22-17-7-4-3-6-15(17)10-11-19(22)26(21)2/h3-4,6-7,10-11H,5,8-9,12-13H2,1-2H3. The van der Waals surface area contributed by atoms with Crippen LogP contribution in [-0.4, -0.2) is 19.5 Å². The van der Waals surface area contributed by atoms with E-state index in [1.165, 1.54) is 39.7 Å². The van der Waals surface area contributed by atoms with Crippen LogP contribution in [-0.2, 0) is 32.7 Å². The third kappa shape index (κ3) is 2.40. The molecule has 0 saturated heterocycles. The minimum atomic E-state index is 0.837. The van der Waals surface area contributed by atoms with Crippen molar-refractivity contribution >= 4 is 21.8 Å². The predicted octanol–water partition coefficient (Wildman–Crippen LogP) is 4.10. The van der Waals surface area contributed by atoms with Gasteiger partial charge >= 0.3 is 0 Å². The summed E-state index contributed by atoms with van der Waals surface area (Å²) < 4.78 is 2.21. The van der Waals surface area contributed by atoms with Gasteiger partial charge in [0.15, 0.2) is 0 Å². The van der Waals surface area contributed by atoms with Crippen LogP contribution >= 0.6 is 0 Å². The summed E-state index contributed by atoms with van der Waals surface area (Å²) in [6.07, 6.45) is 5.15. The molecule has 1 aliphatic carbocycles. The van der Waals surface area contributed by atoms with Gasteiger partial charge in [-0.1, -0.05) is 30.3 Å². The van der Waals surface area contributed by atoms with Crippen LogP contribution in [0.1, 0.15) is 35.0 Å². The highest BCUT2D eigenvalue weighted by atomic mass is 15.1. The number of aryl methyl sites for hydroxylation is 5. The third-order valence-corrected chi connectivity index (χ3v) is 5.63. The molecule has 0 fully saturated rings. The Kier molecular flexibility index (Phi) is 3.52. The van der Waals surface area contributed by atoms with Gasteiger partial charge in [-0.3, -0.25) is 0 Å². The van der Waals surface area contributed by atoms with Gasteiger partial charge in [-0.15, -0.1) is 0 Å². The van der Waals surface area contributed by atoms with E-state index >= 15 is 0 Å². The zero-order valence-electron chi connectivity index (χ0n) is 15.3. The monoisotopic (exact) mass is 342 g/mol. The van der Waals surface area contributed by atoms with Crippen molar-refractivity contribution in [2.24, 2.45) is 7.05 Å². The number of imidazole rings is 1. The molecular weight excluding hydrogens is 320 g/mol. The van der Waals surface area contributed by atoms with Crippen molar-refractivity contribution < 1.29 is 0 Å². The van der Waals surface area contributed by atoms with Gasteiger partial charge in [0.2, 0.25) is 0 Å². The number of hydrogen-bond acceptors (Lipinski definition) is 3. The highest BCUT2D eigenvalue weighted by molar-refractivity contribution is 6.04. The zero-order valence-corrected chi connectivity index (χ0v) is 15.3. The lowest BCUT2D eigenvalue weighted by molar-refractivity contribution is 0.749. The van der Waals surface area contributed by atoms with Crippen molar-refractivity contribution in [2.75, 3.05) is 0 Å². The smallest absolute Gasteiger partial charge is 0.129 e. The van der Waals surface area contributed by atoms with Gasteiger partial charge in [0, 0.05) is 36.7 Å². The van der Waals surface area contributed by atoms with Gasteiger partial charge in [0.1, 0.15) is 11.6 Å². The van der Waals surface area contributed by atoms with E-state index in [1.807, 2.05) is 0 Å². The highest BCUT2D eigenvalue weighted by Crippen LogP contribution is 2.26. The SMILES string of the molecule is Cc1nc(CCc2nc3c4ccccc4ccc3n2C)nc2c1CCC2. The molecule has 2 aromatic heterocycles. The molecule has 130 valence electrons. The number of nitrogens with zero attached hydrogens (tertiary/aromatic N) is 4. The summed E-state index contributed by atoms with van der Waals surface area (Å²) in [5.74, 6) is 2.05. The Hall–Kier alpha value is -2.75. The fourth-order valence-electron chi connectivity index (χ4n) is 4.22. The normalized spacial score (nSPS) is 13.6. The van der Waals surface area contributed by atoms with Crippen molar-refractivity contribution in [1.82, 2.24) is 19.5 Å². The average molecular weight is 342 g/mol. The molecule has 0 bridgehead atoms. The van der Waals surface area contributed by atoms with Crippen LogP contribution in [0.4, 0.5) is 0 Å². The maximum atomic E-state index is 4.96. The summed E-state index contributed by atoms with van der Waals surface area (Å²) in [6, 6.07) is 12.8. The van der Waals surface area contributed by atoms with E-state index < -0.39 is 0 Å². The van der Waals surface area contributed by atoms with Crippen LogP contribution in [0.15, 0.2) is 36.4 Å². The van der Waals surface area contributed by atoms with Gasteiger partial charge in [-0.2, -0.15) is 0 Å². The first-order valence-corrected chi connectivity index (χ1v) is 9.39. The molecule has 5 rings (SSSR count). The van der Waals surface area contributed by atoms with E-state index in [2.05, 4.69) is 54.9 Å². The van der Waals surface area contributed by atoms with E-state index in [1.54, 1.807) is 0 Å². The second kappa shape index (κ2) is 5.90. The van der Waals surface area contributed by atoms with Crippen LogP contribution in [0.5, 0.6) is 0 Å². The summed E-state index contributed by atoms with van der Waals surface area (Å²) in [4.78, 5) is 14.5. The van der Waals surface area contributed by atoms with Crippen molar-refractivity contribution in [1.29, 1.82) is 0 Å². The maximum Gasteiger partial charge on any atom is 0.129 e. The molecule has 0 aliphatic heterocycles. The quantitative estimate of drug-likeness (QED) is 0.563. The molecule has 0 radical (unpaired) electrons. The first-order chi connectivity index (χ1) is 12.7. The molecule has 0 spiro atoms. The zero-order chi connectivity index (χ0) is 17.7. The molecule has 2 heterocycles. The summed E-state index contributed by atoms with van der Waals surface area (Å²) >= 11 is 0. The van der Waals surface area contributed by atoms with Crippen LogP contribution in [0.25, 0.3) is 21.8 Å². The van der Waals surface area contributed by atoms with Crippen molar-refractivity contribution in [3.8, 4) is 0 Å². The lowest BCUT2D eigenvalue weighted by atomic mass is 10.1. The largest absolute Gasteiger partial charge is 0.331 e. The van der Waals surface area contributed by atoms with E-state index in [-0.39, 0.29) is 0 Å². The number of hydrogen-bond donors (Lipinski definition) is 0. The van der Waals surface area contributed by atoms with Crippen LogP contribution in [0.3, 0.4) is 0 Å². The average Bonchev–Trinajstić information content (AvgIpc) is 3.25. The van der Waals surface area contributed by atoms with E-state index in [0.29, 0.717) is 0 Å². The summed E-state index contributed by atoms with van der Waals surface area (Å²) in [5.41, 5.74) is 6.08. The van der Waals surface area contributed by atoms with Crippen molar-refractivity contribution in [2.45, 2.75) is 39.0 Å². The summed E-state index contributed by atoms with van der Waals surface area (Å²) in [7, 11) is 2.11. The molecule has 0 N–H and O–H groups in total. The van der Waals surface area contributed by atoms with E-state index in [9.17, 15) is 0 Å². The Morgan fingerprint density at radius 2 is 1.85 bits per heavy atom. The highest BCUT2D eigenvalue weighted by Gasteiger charge is 2.17. The Morgan fingerprint density at radius 3 is 2.77 bits per heavy atom. The fraction of sp³-hybridized carbons (Fsp3) is 0.318. The van der Waals surface area contributed by atoms with Gasteiger partial charge in [-0.05, 0) is 43.2 Å². The molecule has 0 saturated carbocycles. The van der Waals surface area contributed by atoms with E-state index in [0.717, 1.165) is 42.8 Å². The lowest BCUT2D eigenvalue weighted by Crippen LogP contribution is -2.07. The molecule has 4 heteroatoms. The lowest BCUT2D eigenvalue weighted by Gasteiger charge is -2.07. The van der Waals surface area contributed by atoms with Gasteiger partial charge in [-0.25, -0.2) is 15.0 Å². The van der Waals surface area contributed by atoms with Crippen LogP contribution in [0, 0.1) is 6.92 Å². The fourth-order valence-corrected chi connectivity index (χ4v) is 4.22. The number of aromatic nitrogens is 4. The second-order valence-corrected chi connectivity index (χ2v) is 7.25. The summed E-state index contributed by atoms with van der Waals surface area (Å²) in [5, 5.41) is 2.46. The van der Waals surface area contributed by atoms with Crippen LogP contribution in [0.2, 0.25) is 0 Å². The van der Waals surface area contributed by atoms with Crippen molar-refractivity contribution in [3.05, 3.63) is 65.0 Å². The third-order valence-electron chi connectivity index (χ3n) is 5.63. The first kappa shape index (κ1) is 15.5. The molecule has 0 unspecified atom stereocenters. The Balaban J connectivity index is 1.49. The number of rotatable bonds is 3. The molecule has 4 aromatic rings. The first-order valence-electron chi connectivity index (χ1n) is 9.39. The molecule has 0 atom stereocenters. The Labute approximate surface area is 152 Å². The predicted molar refractivity (Wildman–Crippen MR) is 104 cm³/mol. The molecular formula is C22H22N4. The Morgan fingerprint density at radius 1 is 0.962 bits per heavy atom. The second-order valence-electron chi connectivity index (χ2n) is 7.25. The van der Waals surface area contributed by atoms with Gasteiger partial charge < -0.3 is 4.57 Å². The maximum absolute atomic E-state index is 4.96. The molecule has 2 aromatic carbocycles. The van der Waals surface area contributed by atoms with Crippen LogP contribution < -0.4 is 0 Å². The summed E-state index contributed by atoms with van der Waals surface area (Å²) in [6.45, 7) is 2.12. The molecule has 26 heavy (non-hydrogen) atoms. The molecule has 4 nitrogen and oxygen atoms in total. The minimum Gasteiger partial charge on any atom is -0.331 e. The van der Waals surface area contributed by atoms with Gasteiger partial charge in [0.25, 0.3) is 0 Å². The van der Waals surface area contributed by atoms with Crippen molar-refractivity contribution in [3.63, 3.8) is 0 Å². The van der Waals surface area contributed by atoms with E-state index in [4.69, 9.17) is 15.0 Å². The Bertz CT molecular complexity index is 1140.